The zero-order chi connectivity index (χ0) is 28.9. The quantitative estimate of drug-likeness (QED) is 0.218. The molecule has 2 aromatic heterocycles. The number of aromatic nitrogens is 3. The molecule has 0 bridgehead atoms. The van der Waals surface area contributed by atoms with Crippen LogP contribution in [0.2, 0.25) is 23.2 Å². The molecule has 3 saturated heterocycles. The van der Waals surface area contributed by atoms with E-state index in [1.807, 2.05) is 16.7 Å². The minimum Gasteiger partial charge on any atom is -0.456 e. The molecule has 0 spiro atoms. The molecule has 3 aliphatic rings. The lowest BCUT2D eigenvalue weighted by Crippen LogP contribution is -2.47. The fourth-order valence-electron chi connectivity index (χ4n) is 5.73. The molecule has 0 amide bonds. The predicted octanol–water partition coefficient (Wildman–Crippen LogP) is 6.47. The van der Waals surface area contributed by atoms with Gasteiger partial charge in [-0.15, -0.1) is 6.58 Å². The van der Waals surface area contributed by atoms with E-state index in [9.17, 15) is 0 Å². The van der Waals surface area contributed by atoms with Crippen LogP contribution in [0.1, 0.15) is 33.6 Å². The van der Waals surface area contributed by atoms with E-state index in [-0.39, 0.29) is 29.5 Å². The van der Waals surface area contributed by atoms with Gasteiger partial charge in [0.15, 0.2) is 20.1 Å². The van der Waals surface area contributed by atoms with Gasteiger partial charge >= 0.3 is 0 Å². The Morgan fingerprint density at radius 3 is 2.37 bits per heavy atom. The third-order valence-electron chi connectivity index (χ3n) is 9.05. The molecular formula is C31H41ClN4O4Si. The highest BCUT2D eigenvalue weighted by Crippen LogP contribution is 2.41. The summed E-state index contributed by atoms with van der Waals surface area (Å²) >= 11 is 6.80. The molecule has 4 atom stereocenters. The van der Waals surface area contributed by atoms with Crippen LogP contribution in [-0.4, -0.2) is 73.6 Å². The van der Waals surface area contributed by atoms with Crippen molar-refractivity contribution in [2.45, 2.75) is 82.7 Å². The summed E-state index contributed by atoms with van der Waals surface area (Å²) in [5.74, 6) is 0. The normalized spacial score (nSPS) is 24.8. The van der Waals surface area contributed by atoms with E-state index in [0.29, 0.717) is 42.1 Å². The number of ether oxygens (including phenoxy) is 3. The van der Waals surface area contributed by atoms with Gasteiger partial charge < -0.3 is 23.5 Å². The van der Waals surface area contributed by atoms with Gasteiger partial charge in [0, 0.05) is 30.9 Å². The van der Waals surface area contributed by atoms with E-state index in [4.69, 9.17) is 40.2 Å². The van der Waals surface area contributed by atoms with Crippen molar-refractivity contribution in [2.24, 2.45) is 0 Å². The zero-order valence-electron chi connectivity index (χ0n) is 24.7. The van der Waals surface area contributed by atoms with E-state index in [0.717, 1.165) is 24.2 Å². The third kappa shape index (κ3) is 5.43. The minimum absolute atomic E-state index is 0.0960. The van der Waals surface area contributed by atoms with Gasteiger partial charge in [-0.2, -0.15) is 4.98 Å². The first kappa shape index (κ1) is 28.7. The fourth-order valence-corrected chi connectivity index (χ4v) is 7.30. The van der Waals surface area contributed by atoms with Gasteiger partial charge in [0.05, 0.1) is 35.6 Å². The largest absolute Gasteiger partial charge is 0.456 e. The number of hydrogen-bond acceptors (Lipinski definition) is 7. The van der Waals surface area contributed by atoms with E-state index in [2.05, 4.69) is 69.6 Å². The summed E-state index contributed by atoms with van der Waals surface area (Å²) in [6.07, 6.45) is 3.53. The molecule has 220 valence electrons. The van der Waals surface area contributed by atoms with Crippen molar-refractivity contribution in [3.63, 3.8) is 0 Å². The summed E-state index contributed by atoms with van der Waals surface area (Å²) < 4.78 is 27.5. The number of rotatable bonds is 8. The van der Waals surface area contributed by atoms with Crippen LogP contribution >= 0.6 is 11.6 Å². The maximum Gasteiger partial charge on any atom is 0.299 e. The smallest absolute Gasteiger partial charge is 0.299 e. The number of fused-ring (bicyclic) bond motifs is 2. The lowest BCUT2D eigenvalue weighted by atomic mass is 10.1. The first-order chi connectivity index (χ1) is 19.6. The highest BCUT2D eigenvalue weighted by molar-refractivity contribution is 6.74. The Morgan fingerprint density at radius 1 is 1.05 bits per heavy atom. The molecular weight excluding hydrogens is 556 g/mol. The van der Waals surface area contributed by atoms with Crippen molar-refractivity contribution in [3.05, 3.63) is 48.0 Å². The number of anilines is 1. The molecule has 6 rings (SSSR count). The molecule has 0 unspecified atom stereocenters. The molecule has 3 fully saturated rings. The van der Waals surface area contributed by atoms with Crippen LogP contribution in [0.25, 0.3) is 22.4 Å². The number of benzene rings is 1. The van der Waals surface area contributed by atoms with Gasteiger partial charge in [0.1, 0.15) is 12.2 Å². The van der Waals surface area contributed by atoms with E-state index in [1.165, 1.54) is 18.5 Å². The van der Waals surface area contributed by atoms with Crippen molar-refractivity contribution < 1.29 is 18.6 Å². The number of allylic oxidation sites excluding steroid dienone is 1. The second-order valence-electron chi connectivity index (χ2n) is 12.9. The molecule has 0 radical (unpaired) electrons. The van der Waals surface area contributed by atoms with Crippen molar-refractivity contribution >= 4 is 36.8 Å². The SMILES string of the molecule is C=CCn1c(O[C@@H]2CO[C@H]3[C@@H]2OC[C@H]3O[Si](C)(C)C(C)(C)C)nc2nc(-c3ccc(N4CCCC4)cc3)c(Cl)cc21. The molecule has 10 heteroatoms. The molecule has 5 heterocycles. The average Bonchev–Trinajstić information content (AvgIpc) is 3.71. The maximum absolute atomic E-state index is 6.80. The molecule has 0 saturated carbocycles. The molecule has 1 aromatic carbocycles. The second kappa shape index (κ2) is 11.0. The summed E-state index contributed by atoms with van der Waals surface area (Å²) in [7, 11) is -1.97. The van der Waals surface area contributed by atoms with Gasteiger partial charge in [-0.1, -0.05) is 50.6 Å². The van der Waals surface area contributed by atoms with Crippen LogP contribution in [0.5, 0.6) is 6.01 Å². The Morgan fingerprint density at radius 2 is 1.71 bits per heavy atom. The van der Waals surface area contributed by atoms with Gasteiger partial charge in [-0.05, 0) is 49.2 Å². The van der Waals surface area contributed by atoms with Crippen LogP contribution in [0.4, 0.5) is 5.69 Å². The standard InChI is InChI=1S/C31H41ClN4O4Si/c1-7-14-36-23-17-22(32)26(20-10-12-21(13-11-20)35-15-8-9-16-35)33-29(23)34-30(36)39-24-18-37-28-25(19-38-27(24)28)40-41(5,6)31(2,3)4/h7,10-13,17,24-25,27-28H,1,8-9,14-16,18-19H2,2-6H3/t24-,25-,27-,28-/m1/s1. The van der Waals surface area contributed by atoms with E-state index >= 15 is 0 Å². The number of imidazole rings is 1. The Labute approximate surface area is 248 Å². The van der Waals surface area contributed by atoms with Crippen molar-refractivity contribution in [2.75, 3.05) is 31.2 Å². The second-order valence-corrected chi connectivity index (χ2v) is 18.0. The van der Waals surface area contributed by atoms with Crippen molar-refractivity contribution in [1.82, 2.24) is 14.5 Å². The van der Waals surface area contributed by atoms with E-state index < -0.39 is 8.32 Å². The summed E-state index contributed by atoms with van der Waals surface area (Å²) in [5, 5.41) is 0.676. The van der Waals surface area contributed by atoms with E-state index in [1.54, 1.807) is 0 Å². The summed E-state index contributed by atoms with van der Waals surface area (Å²) in [4.78, 5) is 12.1. The highest BCUT2D eigenvalue weighted by atomic mass is 35.5. The molecule has 8 nitrogen and oxygen atoms in total. The summed E-state index contributed by atoms with van der Waals surface area (Å²) in [6, 6.07) is 10.8. The molecule has 3 aliphatic heterocycles. The van der Waals surface area contributed by atoms with Gasteiger partial charge in [0.25, 0.3) is 6.01 Å². The van der Waals surface area contributed by atoms with Crippen LogP contribution in [0, 0.1) is 0 Å². The van der Waals surface area contributed by atoms with Gasteiger partial charge in [-0.25, -0.2) is 4.98 Å². The minimum atomic E-state index is -1.97. The predicted molar refractivity (Wildman–Crippen MR) is 166 cm³/mol. The summed E-state index contributed by atoms with van der Waals surface area (Å²) in [5.41, 5.74) is 4.27. The topological polar surface area (TPSA) is 70.9 Å². The number of pyridine rings is 1. The van der Waals surface area contributed by atoms with Crippen LogP contribution in [-0.2, 0) is 20.4 Å². The van der Waals surface area contributed by atoms with Crippen LogP contribution < -0.4 is 9.64 Å². The molecule has 0 aliphatic carbocycles. The monoisotopic (exact) mass is 596 g/mol. The van der Waals surface area contributed by atoms with Crippen molar-refractivity contribution in [3.8, 4) is 17.3 Å². The number of hydrogen-bond donors (Lipinski definition) is 0. The molecule has 0 N–H and O–H groups in total. The van der Waals surface area contributed by atoms with Crippen LogP contribution in [0.3, 0.4) is 0 Å². The Bertz CT molecular complexity index is 1410. The Hall–Kier alpha value is -2.43. The Kier molecular flexibility index (Phi) is 7.70. The first-order valence-electron chi connectivity index (χ1n) is 14.7. The molecule has 41 heavy (non-hydrogen) atoms. The van der Waals surface area contributed by atoms with Crippen molar-refractivity contribution in [1.29, 1.82) is 0 Å². The fraction of sp³-hybridized carbons (Fsp3) is 0.548. The first-order valence-corrected chi connectivity index (χ1v) is 17.9. The van der Waals surface area contributed by atoms with Crippen LogP contribution in [0.15, 0.2) is 43.0 Å². The lowest BCUT2D eigenvalue weighted by molar-refractivity contribution is 0.0105. The number of halogens is 1. The highest BCUT2D eigenvalue weighted by Gasteiger charge is 2.52. The maximum atomic E-state index is 6.80. The summed E-state index contributed by atoms with van der Waals surface area (Å²) in [6.45, 7) is 18.8. The lowest BCUT2D eigenvalue weighted by Gasteiger charge is -2.39. The third-order valence-corrected chi connectivity index (χ3v) is 13.8. The molecule has 3 aromatic rings. The number of nitrogens with zero attached hydrogens (tertiary/aromatic N) is 4. The van der Waals surface area contributed by atoms with Gasteiger partial charge in [0.2, 0.25) is 0 Å². The van der Waals surface area contributed by atoms with Gasteiger partial charge in [-0.3, -0.25) is 4.57 Å². The Balaban J connectivity index is 1.23. The zero-order valence-corrected chi connectivity index (χ0v) is 26.5. The average molecular weight is 597 g/mol.